The lowest BCUT2D eigenvalue weighted by Crippen LogP contribution is -2.01. The lowest BCUT2D eigenvalue weighted by atomic mass is 10.0. The molecule has 1 aliphatic carbocycles. The Morgan fingerprint density at radius 1 is 1.12 bits per heavy atom. The predicted octanol–water partition coefficient (Wildman–Crippen LogP) is 2.80. The lowest BCUT2D eigenvalue weighted by molar-refractivity contribution is 0.492. The second-order valence-corrected chi connectivity index (χ2v) is 5.17. The van der Waals surface area contributed by atoms with Gasteiger partial charge in [-0.15, -0.1) is 0 Å². The van der Waals surface area contributed by atoms with Gasteiger partial charge < -0.3 is 0 Å². The van der Waals surface area contributed by atoms with E-state index in [4.69, 9.17) is 4.55 Å². The van der Waals surface area contributed by atoms with E-state index in [0.717, 1.165) is 11.1 Å². The molecule has 4 heteroatoms. The van der Waals surface area contributed by atoms with Gasteiger partial charge in [-0.2, -0.15) is 8.42 Å². The Hall–Kier alpha value is -1.65. The SMILES string of the molecule is O=S(=O)(O)C1=CCC(=Cc2ccccc2)C=C1. The summed E-state index contributed by atoms with van der Waals surface area (Å²) in [7, 11) is -4.08. The third kappa shape index (κ3) is 3.15. The smallest absolute Gasteiger partial charge is 0.282 e. The molecule has 3 nitrogen and oxygen atoms in total. The third-order valence-corrected chi connectivity index (χ3v) is 3.35. The molecule has 0 radical (unpaired) electrons. The molecular formula is C13H12O3S. The molecule has 0 unspecified atom stereocenters. The highest BCUT2D eigenvalue weighted by atomic mass is 32.2. The van der Waals surface area contributed by atoms with Gasteiger partial charge in [0.15, 0.2) is 0 Å². The fourth-order valence-corrected chi connectivity index (χ4v) is 2.14. The minimum absolute atomic E-state index is 0.0392. The maximum absolute atomic E-state index is 10.9. The van der Waals surface area contributed by atoms with Crippen LogP contribution in [0.1, 0.15) is 12.0 Å². The van der Waals surface area contributed by atoms with Gasteiger partial charge in [-0.25, -0.2) is 0 Å². The minimum Gasteiger partial charge on any atom is -0.282 e. The fraction of sp³-hybridized carbons (Fsp3) is 0.0769. The van der Waals surface area contributed by atoms with Crippen molar-refractivity contribution in [3.05, 3.63) is 64.6 Å². The number of rotatable bonds is 2. The van der Waals surface area contributed by atoms with Gasteiger partial charge in [0, 0.05) is 0 Å². The zero-order valence-corrected chi connectivity index (χ0v) is 9.89. The number of hydrogen-bond donors (Lipinski definition) is 1. The van der Waals surface area contributed by atoms with Crippen molar-refractivity contribution in [1.82, 2.24) is 0 Å². The highest BCUT2D eigenvalue weighted by Crippen LogP contribution is 2.20. The summed E-state index contributed by atoms with van der Waals surface area (Å²) in [5.41, 5.74) is 2.07. The molecule has 0 saturated carbocycles. The van der Waals surface area contributed by atoms with Crippen LogP contribution in [0.5, 0.6) is 0 Å². The summed E-state index contributed by atoms with van der Waals surface area (Å²) < 4.78 is 30.6. The fourth-order valence-electron chi connectivity index (χ4n) is 1.61. The number of allylic oxidation sites excluding steroid dienone is 4. The topological polar surface area (TPSA) is 54.4 Å². The first-order valence-corrected chi connectivity index (χ1v) is 6.61. The van der Waals surface area contributed by atoms with Crippen LogP contribution in [0.2, 0.25) is 0 Å². The molecule has 0 atom stereocenters. The molecule has 1 aliphatic rings. The molecule has 2 rings (SSSR count). The summed E-state index contributed by atoms with van der Waals surface area (Å²) >= 11 is 0. The van der Waals surface area contributed by atoms with E-state index in [-0.39, 0.29) is 4.91 Å². The highest BCUT2D eigenvalue weighted by molar-refractivity contribution is 7.90. The summed E-state index contributed by atoms with van der Waals surface area (Å²) in [6.07, 6.45) is 7.10. The van der Waals surface area contributed by atoms with Crippen molar-refractivity contribution in [2.45, 2.75) is 6.42 Å². The van der Waals surface area contributed by atoms with Crippen molar-refractivity contribution in [2.24, 2.45) is 0 Å². The van der Waals surface area contributed by atoms with Crippen LogP contribution in [0, 0.1) is 0 Å². The second kappa shape index (κ2) is 4.69. The first kappa shape index (κ1) is 11.8. The molecule has 17 heavy (non-hydrogen) atoms. The Bertz CT molecular complexity index is 593. The van der Waals surface area contributed by atoms with Crippen molar-refractivity contribution in [1.29, 1.82) is 0 Å². The normalized spacial score (nSPS) is 18.2. The van der Waals surface area contributed by atoms with Crippen molar-refractivity contribution in [3.63, 3.8) is 0 Å². The number of hydrogen-bond acceptors (Lipinski definition) is 2. The molecule has 1 aromatic rings. The molecule has 0 fully saturated rings. The predicted molar refractivity (Wildman–Crippen MR) is 67.8 cm³/mol. The second-order valence-electron chi connectivity index (χ2n) is 3.75. The Balaban J connectivity index is 2.19. The van der Waals surface area contributed by atoms with Gasteiger partial charge in [-0.3, -0.25) is 4.55 Å². The van der Waals surface area contributed by atoms with Crippen LogP contribution in [0.4, 0.5) is 0 Å². The van der Waals surface area contributed by atoms with Gasteiger partial charge in [0.2, 0.25) is 0 Å². The first-order chi connectivity index (χ1) is 8.05. The maximum Gasteiger partial charge on any atom is 0.294 e. The molecule has 0 spiro atoms. The molecule has 0 aliphatic heterocycles. The van der Waals surface area contributed by atoms with Gasteiger partial charge in [0.1, 0.15) is 0 Å². The van der Waals surface area contributed by atoms with E-state index < -0.39 is 10.1 Å². The zero-order chi connectivity index (χ0) is 12.3. The van der Waals surface area contributed by atoms with Gasteiger partial charge in [0.05, 0.1) is 4.91 Å². The van der Waals surface area contributed by atoms with Gasteiger partial charge in [0.25, 0.3) is 10.1 Å². The molecule has 0 saturated heterocycles. The van der Waals surface area contributed by atoms with Crippen LogP contribution in [-0.4, -0.2) is 13.0 Å². The minimum atomic E-state index is -4.08. The van der Waals surface area contributed by atoms with E-state index in [2.05, 4.69) is 0 Å². The standard InChI is InChI=1S/C13H12O3S/c14-17(15,16)13-8-6-12(7-9-13)10-11-4-2-1-3-5-11/h1-6,8-10H,7H2,(H,14,15,16). The first-order valence-electron chi connectivity index (χ1n) is 5.17. The Kier molecular flexibility index (Phi) is 3.26. The summed E-state index contributed by atoms with van der Waals surface area (Å²) in [4.78, 5) is -0.0392. The van der Waals surface area contributed by atoms with Crippen molar-refractivity contribution in [3.8, 4) is 0 Å². The van der Waals surface area contributed by atoms with Crippen molar-refractivity contribution in [2.75, 3.05) is 0 Å². The van der Waals surface area contributed by atoms with Crippen molar-refractivity contribution >= 4 is 16.2 Å². The average molecular weight is 248 g/mol. The zero-order valence-electron chi connectivity index (χ0n) is 9.08. The summed E-state index contributed by atoms with van der Waals surface area (Å²) in [6, 6.07) is 9.78. The van der Waals surface area contributed by atoms with Crippen LogP contribution in [0.25, 0.3) is 6.08 Å². The van der Waals surface area contributed by atoms with E-state index in [0.29, 0.717) is 6.42 Å². The highest BCUT2D eigenvalue weighted by Gasteiger charge is 2.12. The van der Waals surface area contributed by atoms with E-state index in [1.165, 1.54) is 12.2 Å². The molecule has 1 N–H and O–H groups in total. The molecule has 0 aromatic heterocycles. The van der Waals surface area contributed by atoms with Crippen LogP contribution >= 0.6 is 0 Å². The van der Waals surface area contributed by atoms with Crippen LogP contribution < -0.4 is 0 Å². The van der Waals surface area contributed by atoms with E-state index in [1.807, 2.05) is 36.4 Å². The molecule has 0 amide bonds. The monoisotopic (exact) mass is 248 g/mol. The third-order valence-electron chi connectivity index (χ3n) is 2.45. The largest absolute Gasteiger partial charge is 0.294 e. The summed E-state index contributed by atoms with van der Waals surface area (Å²) in [5.74, 6) is 0. The Labute approximate surface area is 101 Å². The number of benzene rings is 1. The van der Waals surface area contributed by atoms with Gasteiger partial charge in [-0.05, 0) is 23.6 Å². The molecule has 0 heterocycles. The van der Waals surface area contributed by atoms with Crippen LogP contribution in [0.15, 0.2) is 59.0 Å². The molecule has 0 bridgehead atoms. The van der Waals surface area contributed by atoms with E-state index in [1.54, 1.807) is 6.08 Å². The summed E-state index contributed by atoms with van der Waals surface area (Å²) in [5, 5.41) is 0. The quantitative estimate of drug-likeness (QED) is 0.819. The van der Waals surface area contributed by atoms with Crippen LogP contribution in [0.3, 0.4) is 0 Å². The molecular weight excluding hydrogens is 236 g/mol. The Morgan fingerprint density at radius 3 is 2.35 bits per heavy atom. The van der Waals surface area contributed by atoms with Crippen LogP contribution in [-0.2, 0) is 10.1 Å². The van der Waals surface area contributed by atoms with E-state index in [9.17, 15) is 8.42 Å². The van der Waals surface area contributed by atoms with E-state index >= 15 is 0 Å². The molecule has 88 valence electrons. The summed E-state index contributed by atoms with van der Waals surface area (Å²) in [6.45, 7) is 0. The molecule has 1 aromatic carbocycles. The van der Waals surface area contributed by atoms with Gasteiger partial charge >= 0.3 is 0 Å². The average Bonchev–Trinajstić information content (AvgIpc) is 2.30. The maximum atomic E-state index is 10.9. The Morgan fingerprint density at radius 2 is 1.82 bits per heavy atom. The van der Waals surface area contributed by atoms with Crippen molar-refractivity contribution < 1.29 is 13.0 Å². The van der Waals surface area contributed by atoms with Gasteiger partial charge in [-0.1, -0.05) is 48.6 Å². The lowest BCUT2D eigenvalue weighted by Gasteiger charge is -2.06.